The number of aryl methyl sites for hydroxylation is 1. The average Bonchev–Trinajstić information content (AvgIpc) is 2.76. The molecule has 0 saturated heterocycles. The first-order valence-electron chi connectivity index (χ1n) is 11.7. The molecule has 0 radical (unpaired) electrons. The van der Waals surface area contributed by atoms with E-state index in [1.165, 1.54) is 44.2 Å². The van der Waals surface area contributed by atoms with Gasteiger partial charge in [-0.25, -0.2) is 8.78 Å². The minimum atomic E-state index is -0.751. The fourth-order valence-corrected chi connectivity index (χ4v) is 5.15. The van der Waals surface area contributed by atoms with Crippen molar-refractivity contribution in [2.24, 2.45) is 17.8 Å². The summed E-state index contributed by atoms with van der Waals surface area (Å²) in [5.41, 5.74) is 0.160. The van der Waals surface area contributed by atoms with Crippen molar-refractivity contribution in [1.82, 2.24) is 0 Å². The second-order valence-electron chi connectivity index (χ2n) is 9.31. The number of hydrogen-bond acceptors (Lipinski definition) is 2. The van der Waals surface area contributed by atoms with E-state index in [0.29, 0.717) is 24.0 Å². The second-order valence-corrected chi connectivity index (χ2v) is 9.31. The Morgan fingerprint density at radius 2 is 1.50 bits per heavy atom. The summed E-state index contributed by atoms with van der Waals surface area (Å²) in [6, 6.07) is 4.20. The van der Waals surface area contributed by atoms with Crippen LogP contribution in [0.2, 0.25) is 0 Å². The summed E-state index contributed by atoms with van der Waals surface area (Å²) in [6.07, 6.45) is 16.2. The molecule has 0 aromatic heterocycles. The highest BCUT2D eigenvalue weighted by Crippen LogP contribution is 2.34. The van der Waals surface area contributed by atoms with Crippen LogP contribution >= 0.6 is 0 Å². The van der Waals surface area contributed by atoms with Crippen LogP contribution in [-0.4, -0.2) is 12.7 Å². The molecule has 0 N–H and O–H groups in total. The number of nitriles is 1. The summed E-state index contributed by atoms with van der Waals surface area (Å²) in [5.74, 6) is 0.697. The molecule has 2 nitrogen and oxygen atoms in total. The number of rotatable bonds is 9. The fraction of sp³-hybridized carbons (Fsp3) is 0.654. The summed E-state index contributed by atoms with van der Waals surface area (Å²) < 4.78 is 33.8. The number of nitrogens with zero attached hydrogens (tertiary/aromatic N) is 1. The predicted molar refractivity (Wildman–Crippen MR) is 116 cm³/mol. The number of halogens is 2. The van der Waals surface area contributed by atoms with Crippen molar-refractivity contribution in [3.63, 3.8) is 0 Å². The smallest absolute Gasteiger partial charge is 0.144 e. The summed E-state index contributed by atoms with van der Waals surface area (Å²) in [7, 11) is 0. The van der Waals surface area contributed by atoms with Crippen LogP contribution in [0.15, 0.2) is 24.8 Å². The van der Waals surface area contributed by atoms with Gasteiger partial charge in [0.25, 0.3) is 0 Å². The number of allylic oxidation sites excluding steroid dienone is 1. The minimum Gasteiger partial charge on any atom is -0.378 e. The second kappa shape index (κ2) is 11.6. The maximum Gasteiger partial charge on any atom is 0.144 e. The molecule has 0 bridgehead atoms. The quantitative estimate of drug-likeness (QED) is 0.402. The van der Waals surface area contributed by atoms with Crippen LogP contribution < -0.4 is 0 Å². The maximum absolute atomic E-state index is 13.8. The molecule has 2 aliphatic carbocycles. The summed E-state index contributed by atoms with van der Waals surface area (Å²) in [6.45, 7) is 4.74. The van der Waals surface area contributed by atoms with Crippen LogP contribution in [-0.2, 0) is 11.2 Å². The summed E-state index contributed by atoms with van der Waals surface area (Å²) >= 11 is 0. The topological polar surface area (TPSA) is 33.0 Å². The first-order chi connectivity index (χ1) is 14.6. The zero-order valence-corrected chi connectivity index (χ0v) is 18.1. The molecule has 2 aliphatic rings. The highest BCUT2D eigenvalue weighted by molar-refractivity contribution is 5.35. The van der Waals surface area contributed by atoms with E-state index in [1.54, 1.807) is 6.07 Å². The van der Waals surface area contributed by atoms with Crippen LogP contribution in [0.25, 0.3) is 0 Å². The molecule has 2 fully saturated rings. The summed E-state index contributed by atoms with van der Waals surface area (Å²) in [4.78, 5) is 0. The molecule has 0 spiro atoms. The lowest BCUT2D eigenvalue weighted by molar-refractivity contribution is -0.0101. The molecule has 164 valence electrons. The normalized spacial score (nSPS) is 26.8. The zero-order valence-electron chi connectivity index (χ0n) is 18.1. The molecular formula is C26H35F2NO. The Balaban J connectivity index is 1.32. The lowest BCUT2D eigenvalue weighted by Gasteiger charge is -2.32. The SMILES string of the molecule is C=CCCC1CCC(COC2CCC(CCc3cc(F)c(C#N)c(F)c3)CC2)CC1. The van der Waals surface area contributed by atoms with Crippen molar-refractivity contribution in [3.05, 3.63) is 47.5 Å². The summed E-state index contributed by atoms with van der Waals surface area (Å²) in [5, 5.41) is 8.77. The molecule has 30 heavy (non-hydrogen) atoms. The molecule has 0 unspecified atom stereocenters. The van der Waals surface area contributed by atoms with Crippen LogP contribution in [0.1, 0.15) is 81.8 Å². The number of benzene rings is 1. The number of hydrogen-bond donors (Lipinski definition) is 0. The van der Waals surface area contributed by atoms with E-state index >= 15 is 0 Å². The van der Waals surface area contributed by atoms with Gasteiger partial charge in [-0.05, 0) is 99.7 Å². The molecule has 3 rings (SSSR count). The number of ether oxygens (including phenoxy) is 1. The Morgan fingerprint density at radius 1 is 0.933 bits per heavy atom. The van der Waals surface area contributed by atoms with Gasteiger partial charge in [0.2, 0.25) is 0 Å². The van der Waals surface area contributed by atoms with E-state index in [1.807, 2.05) is 6.08 Å². The van der Waals surface area contributed by atoms with Crippen LogP contribution in [0, 0.1) is 40.7 Å². The fourth-order valence-electron chi connectivity index (χ4n) is 5.15. The molecule has 4 heteroatoms. The van der Waals surface area contributed by atoms with Crippen molar-refractivity contribution >= 4 is 0 Å². The van der Waals surface area contributed by atoms with Gasteiger partial charge in [0.15, 0.2) is 0 Å². The van der Waals surface area contributed by atoms with E-state index in [9.17, 15) is 8.78 Å². The highest BCUT2D eigenvalue weighted by atomic mass is 19.1. The van der Waals surface area contributed by atoms with E-state index < -0.39 is 17.2 Å². The molecule has 0 heterocycles. The largest absolute Gasteiger partial charge is 0.378 e. The van der Waals surface area contributed by atoms with E-state index in [4.69, 9.17) is 10.00 Å². The third-order valence-electron chi connectivity index (χ3n) is 7.16. The first-order valence-corrected chi connectivity index (χ1v) is 11.7. The molecule has 0 aliphatic heterocycles. The molecule has 1 aromatic rings. The van der Waals surface area contributed by atoms with E-state index in [2.05, 4.69) is 6.58 Å². The Bertz CT molecular complexity index is 702. The van der Waals surface area contributed by atoms with E-state index in [-0.39, 0.29) is 0 Å². The van der Waals surface area contributed by atoms with Crippen molar-refractivity contribution in [1.29, 1.82) is 5.26 Å². The Labute approximate surface area is 180 Å². The third-order valence-corrected chi connectivity index (χ3v) is 7.16. The third kappa shape index (κ3) is 6.64. The standard InChI is InChI=1S/C26H35F2NO/c1-2-3-4-19-5-8-21(9-6-19)18-30-23-13-11-20(12-14-23)7-10-22-15-25(27)24(17-29)26(28)16-22/h2,15-16,19-21,23H,1,3-14,18H2. The Kier molecular flexibility index (Phi) is 8.88. The molecule has 0 amide bonds. The van der Waals surface area contributed by atoms with Gasteiger partial charge >= 0.3 is 0 Å². The van der Waals surface area contributed by atoms with Gasteiger partial charge in [0.1, 0.15) is 23.3 Å². The van der Waals surface area contributed by atoms with E-state index in [0.717, 1.165) is 57.0 Å². The van der Waals surface area contributed by atoms with Crippen molar-refractivity contribution in [2.75, 3.05) is 6.61 Å². The van der Waals surface area contributed by atoms with Gasteiger partial charge < -0.3 is 4.74 Å². The highest BCUT2D eigenvalue weighted by Gasteiger charge is 2.25. The van der Waals surface area contributed by atoms with Crippen molar-refractivity contribution in [3.8, 4) is 6.07 Å². The monoisotopic (exact) mass is 415 g/mol. The van der Waals surface area contributed by atoms with Crippen LogP contribution in [0.5, 0.6) is 0 Å². The van der Waals surface area contributed by atoms with Crippen molar-refractivity contribution < 1.29 is 13.5 Å². The lowest BCUT2D eigenvalue weighted by atomic mass is 9.80. The Morgan fingerprint density at radius 3 is 2.10 bits per heavy atom. The van der Waals surface area contributed by atoms with Gasteiger partial charge in [0.05, 0.1) is 6.10 Å². The van der Waals surface area contributed by atoms with Crippen LogP contribution in [0.3, 0.4) is 0 Å². The molecular weight excluding hydrogens is 380 g/mol. The molecule has 1 aromatic carbocycles. The molecule has 2 saturated carbocycles. The van der Waals surface area contributed by atoms with Gasteiger partial charge in [-0.2, -0.15) is 5.26 Å². The van der Waals surface area contributed by atoms with Gasteiger partial charge in [-0.15, -0.1) is 6.58 Å². The maximum atomic E-state index is 13.8. The lowest BCUT2D eigenvalue weighted by Crippen LogP contribution is -2.26. The van der Waals surface area contributed by atoms with Gasteiger partial charge in [-0.3, -0.25) is 0 Å². The van der Waals surface area contributed by atoms with Crippen molar-refractivity contribution in [2.45, 2.75) is 83.2 Å². The molecule has 0 atom stereocenters. The van der Waals surface area contributed by atoms with Gasteiger partial charge in [0, 0.05) is 6.61 Å². The Hall–Kier alpha value is -1.73. The van der Waals surface area contributed by atoms with Gasteiger partial charge in [-0.1, -0.05) is 18.9 Å². The predicted octanol–water partition coefficient (Wildman–Crippen LogP) is 7.12. The zero-order chi connectivity index (χ0) is 21.3. The minimum absolute atomic E-state index is 0.379. The first kappa shape index (κ1) is 22.9. The average molecular weight is 416 g/mol. The van der Waals surface area contributed by atoms with Crippen LogP contribution in [0.4, 0.5) is 8.78 Å².